The fourth-order valence-corrected chi connectivity index (χ4v) is 1.55. The molecule has 1 heterocycles. The number of aromatic nitrogens is 1. The highest BCUT2D eigenvalue weighted by molar-refractivity contribution is 5.93. The first-order valence-electron chi connectivity index (χ1n) is 6.18. The molecule has 4 heteroatoms. The molecule has 4 nitrogen and oxygen atoms in total. The summed E-state index contributed by atoms with van der Waals surface area (Å²) < 4.78 is 5.65. The Kier molecular flexibility index (Phi) is 3.36. The van der Waals surface area contributed by atoms with Crippen LogP contribution < -0.4 is 5.32 Å². The zero-order valence-electron chi connectivity index (χ0n) is 11.2. The molecule has 0 saturated heterocycles. The molecule has 1 aromatic carbocycles. The van der Waals surface area contributed by atoms with E-state index in [9.17, 15) is 4.79 Å². The van der Waals surface area contributed by atoms with E-state index in [1.165, 1.54) is 0 Å². The molecule has 0 spiro atoms. The molecule has 0 saturated carbocycles. The molecule has 2 aromatic rings. The van der Waals surface area contributed by atoms with E-state index in [1.54, 1.807) is 0 Å². The van der Waals surface area contributed by atoms with Crippen molar-refractivity contribution >= 4 is 22.7 Å². The molecular weight excluding hydrogens is 228 g/mol. The van der Waals surface area contributed by atoms with Gasteiger partial charge in [-0.1, -0.05) is 27.7 Å². The number of oxazole rings is 1. The van der Waals surface area contributed by atoms with E-state index in [-0.39, 0.29) is 17.7 Å². The van der Waals surface area contributed by atoms with E-state index in [0.717, 1.165) is 17.1 Å². The summed E-state index contributed by atoms with van der Waals surface area (Å²) in [6, 6.07) is 5.52. The Balaban J connectivity index is 2.29. The van der Waals surface area contributed by atoms with Crippen LogP contribution in [-0.4, -0.2) is 10.9 Å². The van der Waals surface area contributed by atoms with Crippen molar-refractivity contribution in [3.8, 4) is 0 Å². The Morgan fingerprint density at radius 2 is 2.00 bits per heavy atom. The van der Waals surface area contributed by atoms with Gasteiger partial charge in [-0.05, 0) is 12.1 Å². The maximum Gasteiger partial charge on any atom is 0.226 e. The molecule has 18 heavy (non-hydrogen) atoms. The number of hydrogen-bond donors (Lipinski definition) is 1. The summed E-state index contributed by atoms with van der Waals surface area (Å²) >= 11 is 0. The average Bonchev–Trinajstić information content (AvgIpc) is 2.71. The van der Waals surface area contributed by atoms with Crippen molar-refractivity contribution in [1.82, 2.24) is 4.98 Å². The zero-order chi connectivity index (χ0) is 13.3. The predicted molar refractivity (Wildman–Crippen MR) is 71.6 cm³/mol. The summed E-state index contributed by atoms with van der Waals surface area (Å²) in [6.45, 7) is 7.79. The maximum atomic E-state index is 11.6. The second-order valence-electron chi connectivity index (χ2n) is 5.03. The highest BCUT2D eigenvalue weighted by Gasteiger charge is 2.11. The second-order valence-corrected chi connectivity index (χ2v) is 5.03. The van der Waals surface area contributed by atoms with Gasteiger partial charge in [0.05, 0.1) is 0 Å². The van der Waals surface area contributed by atoms with Gasteiger partial charge in [0.1, 0.15) is 5.52 Å². The van der Waals surface area contributed by atoms with Crippen molar-refractivity contribution in [3.05, 3.63) is 24.1 Å². The lowest BCUT2D eigenvalue weighted by Gasteiger charge is -2.06. The number of benzene rings is 1. The highest BCUT2D eigenvalue weighted by atomic mass is 16.3. The topological polar surface area (TPSA) is 55.1 Å². The monoisotopic (exact) mass is 246 g/mol. The standard InChI is InChI=1S/C14H18N2O2/c1-8(2)13(17)15-10-5-6-11-12(7-10)18-14(16-11)9(3)4/h5-9H,1-4H3,(H,15,17). The van der Waals surface area contributed by atoms with Gasteiger partial charge in [0.2, 0.25) is 5.91 Å². The van der Waals surface area contributed by atoms with E-state index >= 15 is 0 Å². The third-order valence-corrected chi connectivity index (χ3v) is 2.69. The fourth-order valence-electron chi connectivity index (χ4n) is 1.55. The van der Waals surface area contributed by atoms with Crippen molar-refractivity contribution in [3.63, 3.8) is 0 Å². The molecular formula is C14H18N2O2. The van der Waals surface area contributed by atoms with Gasteiger partial charge in [-0.3, -0.25) is 4.79 Å². The minimum Gasteiger partial charge on any atom is -0.440 e. The van der Waals surface area contributed by atoms with E-state index in [2.05, 4.69) is 10.3 Å². The Labute approximate surface area is 106 Å². The van der Waals surface area contributed by atoms with Crippen molar-refractivity contribution < 1.29 is 9.21 Å². The lowest BCUT2D eigenvalue weighted by molar-refractivity contribution is -0.118. The van der Waals surface area contributed by atoms with E-state index in [1.807, 2.05) is 45.9 Å². The van der Waals surface area contributed by atoms with Crippen LogP contribution in [0.25, 0.3) is 11.1 Å². The number of anilines is 1. The normalized spacial score (nSPS) is 11.4. The molecule has 2 rings (SSSR count). The summed E-state index contributed by atoms with van der Waals surface area (Å²) in [4.78, 5) is 16.0. The number of carbonyl (C=O) groups is 1. The van der Waals surface area contributed by atoms with E-state index in [0.29, 0.717) is 5.58 Å². The Bertz CT molecular complexity index is 570. The molecule has 0 atom stereocenters. The fraction of sp³-hybridized carbons (Fsp3) is 0.429. The van der Waals surface area contributed by atoms with Crippen molar-refractivity contribution in [2.45, 2.75) is 33.6 Å². The van der Waals surface area contributed by atoms with Crippen LogP contribution in [-0.2, 0) is 4.79 Å². The molecule has 0 bridgehead atoms. The highest BCUT2D eigenvalue weighted by Crippen LogP contribution is 2.24. The van der Waals surface area contributed by atoms with Crippen molar-refractivity contribution in [1.29, 1.82) is 0 Å². The van der Waals surface area contributed by atoms with Crippen LogP contribution in [0, 0.1) is 5.92 Å². The molecule has 0 radical (unpaired) electrons. The quantitative estimate of drug-likeness (QED) is 0.901. The Hall–Kier alpha value is -1.84. The molecule has 1 amide bonds. The van der Waals surface area contributed by atoms with Crippen LogP contribution in [0.4, 0.5) is 5.69 Å². The molecule has 1 aromatic heterocycles. The molecule has 0 aliphatic heterocycles. The van der Waals surface area contributed by atoms with Gasteiger partial charge < -0.3 is 9.73 Å². The largest absolute Gasteiger partial charge is 0.440 e. The van der Waals surface area contributed by atoms with E-state index < -0.39 is 0 Å². The summed E-state index contributed by atoms with van der Waals surface area (Å²) in [6.07, 6.45) is 0. The smallest absolute Gasteiger partial charge is 0.226 e. The first-order valence-corrected chi connectivity index (χ1v) is 6.18. The predicted octanol–water partition coefficient (Wildman–Crippen LogP) is 3.55. The van der Waals surface area contributed by atoms with Gasteiger partial charge in [0.15, 0.2) is 11.5 Å². The van der Waals surface area contributed by atoms with Crippen LogP contribution in [0.3, 0.4) is 0 Å². The molecule has 0 fully saturated rings. The summed E-state index contributed by atoms with van der Waals surface area (Å²) in [7, 11) is 0. The Morgan fingerprint density at radius 3 is 2.61 bits per heavy atom. The van der Waals surface area contributed by atoms with Gasteiger partial charge in [-0.25, -0.2) is 4.98 Å². The van der Waals surface area contributed by atoms with Crippen molar-refractivity contribution in [2.75, 3.05) is 5.32 Å². The number of nitrogens with zero attached hydrogens (tertiary/aromatic N) is 1. The lowest BCUT2D eigenvalue weighted by Crippen LogP contribution is -2.17. The van der Waals surface area contributed by atoms with Gasteiger partial charge in [0, 0.05) is 23.6 Å². The lowest BCUT2D eigenvalue weighted by atomic mass is 10.2. The van der Waals surface area contributed by atoms with E-state index in [4.69, 9.17) is 4.42 Å². The SMILES string of the molecule is CC(C)C(=O)Nc1ccc2nc(C(C)C)oc2c1. The van der Waals surface area contributed by atoms with Crippen LogP contribution in [0.5, 0.6) is 0 Å². The van der Waals surface area contributed by atoms with Crippen LogP contribution in [0.1, 0.15) is 39.5 Å². The minimum absolute atomic E-state index is 0.00190. The van der Waals surface area contributed by atoms with Crippen LogP contribution >= 0.6 is 0 Å². The number of hydrogen-bond acceptors (Lipinski definition) is 3. The third kappa shape index (κ3) is 2.53. The first-order chi connectivity index (χ1) is 8.47. The van der Waals surface area contributed by atoms with Gasteiger partial charge in [-0.15, -0.1) is 0 Å². The van der Waals surface area contributed by atoms with Crippen molar-refractivity contribution in [2.24, 2.45) is 5.92 Å². The molecule has 96 valence electrons. The zero-order valence-corrected chi connectivity index (χ0v) is 11.2. The summed E-state index contributed by atoms with van der Waals surface area (Å²) in [5.41, 5.74) is 2.27. The maximum absolute atomic E-state index is 11.6. The number of fused-ring (bicyclic) bond motifs is 1. The molecule has 1 N–H and O–H groups in total. The van der Waals surface area contributed by atoms with Crippen LogP contribution in [0.15, 0.2) is 22.6 Å². The first kappa shape index (κ1) is 12.6. The number of nitrogens with one attached hydrogen (secondary N) is 1. The van der Waals surface area contributed by atoms with Gasteiger partial charge in [0.25, 0.3) is 0 Å². The average molecular weight is 246 g/mol. The minimum atomic E-state index is -0.0401. The number of carbonyl (C=O) groups excluding carboxylic acids is 1. The molecule has 0 aliphatic carbocycles. The molecule has 0 aliphatic rings. The van der Waals surface area contributed by atoms with Gasteiger partial charge >= 0.3 is 0 Å². The number of rotatable bonds is 3. The summed E-state index contributed by atoms with van der Waals surface area (Å²) in [5, 5.41) is 2.85. The Morgan fingerprint density at radius 1 is 1.28 bits per heavy atom. The summed E-state index contributed by atoms with van der Waals surface area (Å²) in [5.74, 6) is 0.933. The van der Waals surface area contributed by atoms with Crippen LogP contribution in [0.2, 0.25) is 0 Å². The number of amides is 1. The third-order valence-electron chi connectivity index (χ3n) is 2.69. The van der Waals surface area contributed by atoms with Gasteiger partial charge in [-0.2, -0.15) is 0 Å². The molecule has 0 unspecified atom stereocenters. The second kappa shape index (κ2) is 4.80.